The zero-order valence-corrected chi connectivity index (χ0v) is 14.9. The highest BCUT2D eigenvalue weighted by Crippen LogP contribution is 2.45. The summed E-state index contributed by atoms with van der Waals surface area (Å²) < 4.78 is 25.1. The Hall–Kier alpha value is -2.20. The van der Waals surface area contributed by atoms with Crippen molar-refractivity contribution >= 4 is 10.0 Å². The lowest BCUT2D eigenvalue weighted by Crippen LogP contribution is -2.64. The lowest BCUT2D eigenvalue weighted by Gasteiger charge is -2.50. The summed E-state index contributed by atoms with van der Waals surface area (Å²) in [4.78, 5) is 0. The Kier molecular flexibility index (Phi) is 4.65. The van der Waals surface area contributed by atoms with Crippen LogP contribution in [0.4, 0.5) is 0 Å². The highest BCUT2D eigenvalue weighted by atomic mass is 32.2. The maximum Gasteiger partial charge on any atom is 0.212 e. The van der Waals surface area contributed by atoms with E-state index in [0.29, 0.717) is 0 Å². The van der Waals surface area contributed by atoms with E-state index in [1.807, 2.05) is 55.5 Å². The van der Waals surface area contributed by atoms with E-state index in [0.717, 1.165) is 32.8 Å². The predicted molar refractivity (Wildman–Crippen MR) is 96.3 cm³/mol. The Morgan fingerprint density at radius 2 is 1.80 bits per heavy atom. The smallest absolute Gasteiger partial charge is 0.212 e. The molecular weight excluding hydrogens is 336 g/mol. The highest BCUT2D eigenvalue weighted by Gasteiger charge is 2.54. The van der Waals surface area contributed by atoms with Gasteiger partial charge in [-0.3, -0.25) is 0 Å². The monoisotopic (exact) mass is 356 g/mol. The summed E-state index contributed by atoms with van der Waals surface area (Å²) in [6.07, 6.45) is 1.07. The van der Waals surface area contributed by atoms with Crippen LogP contribution in [-0.4, -0.2) is 42.8 Å². The van der Waals surface area contributed by atoms with Crippen LogP contribution >= 0.6 is 0 Å². The van der Waals surface area contributed by atoms with Crippen LogP contribution in [-0.2, 0) is 10.0 Å². The van der Waals surface area contributed by atoms with E-state index < -0.39 is 22.1 Å². The zero-order valence-electron chi connectivity index (χ0n) is 14.1. The Morgan fingerprint density at radius 3 is 2.36 bits per heavy atom. The van der Waals surface area contributed by atoms with Crippen LogP contribution in [0.1, 0.15) is 17.0 Å². The summed E-state index contributed by atoms with van der Waals surface area (Å²) in [7, 11) is -3.56. The fourth-order valence-corrected chi connectivity index (χ4v) is 4.86. The standard InChI is InChI=1S/C19H20N2O3S/c1-13-7-9-14(10-8-13)15-5-3-4-6-16(15)19-17(11-20)21(18(19)12-22)25(2,23)24/h3-10,17-19,22H,12H2,1-2H3/t17-,18-,19+/m0/s1. The number of nitrogens with zero attached hydrogens (tertiary/aromatic N) is 2. The molecule has 5 nitrogen and oxygen atoms in total. The first-order valence-electron chi connectivity index (χ1n) is 8.03. The van der Waals surface area contributed by atoms with Crippen molar-refractivity contribution in [3.63, 3.8) is 0 Å². The predicted octanol–water partition coefficient (Wildman–Crippen LogP) is 2.27. The van der Waals surface area contributed by atoms with Crippen molar-refractivity contribution in [3.05, 3.63) is 59.7 Å². The van der Waals surface area contributed by atoms with Crippen LogP contribution in [0.3, 0.4) is 0 Å². The quantitative estimate of drug-likeness (QED) is 0.911. The van der Waals surface area contributed by atoms with Crippen molar-refractivity contribution in [2.45, 2.75) is 24.9 Å². The number of sulfonamides is 1. The van der Waals surface area contributed by atoms with Gasteiger partial charge in [-0.05, 0) is 23.6 Å². The van der Waals surface area contributed by atoms with Gasteiger partial charge in [-0.15, -0.1) is 0 Å². The minimum absolute atomic E-state index is 0.321. The summed E-state index contributed by atoms with van der Waals surface area (Å²) in [5, 5.41) is 19.3. The molecule has 0 radical (unpaired) electrons. The summed E-state index contributed by atoms with van der Waals surface area (Å²) in [5.41, 5.74) is 4.00. The third-order valence-corrected chi connectivity index (χ3v) is 6.00. The molecule has 1 saturated heterocycles. The average molecular weight is 356 g/mol. The van der Waals surface area contributed by atoms with E-state index in [1.165, 1.54) is 0 Å². The third kappa shape index (κ3) is 3.07. The van der Waals surface area contributed by atoms with Crippen LogP contribution in [0.5, 0.6) is 0 Å². The summed E-state index contributed by atoms with van der Waals surface area (Å²) >= 11 is 0. The summed E-state index contributed by atoms with van der Waals surface area (Å²) in [6.45, 7) is 1.69. The van der Waals surface area contributed by atoms with Crippen LogP contribution < -0.4 is 0 Å². The number of hydrogen-bond donors (Lipinski definition) is 1. The van der Waals surface area contributed by atoms with Crippen LogP contribution in [0.15, 0.2) is 48.5 Å². The van der Waals surface area contributed by atoms with E-state index in [4.69, 9.17) is 0 Å². The number of hydrogen-bond acceptors (Lipinski definition) is 4. The van der Waals surface area contributed by atoms with Gasteiger partial charge in [0.2, 0.25) is 10.0 Å². The first kappa shape index (κ1) is 17.6. The third-order valence-electron chi connectivity index (χ3n) is 4.74. The molecule has 1 N–H and O–H groups in total. The SMILES string of the molecule is Cc1ccc(-c2ccccc2[C@@H]2[C@H](C#N)N(S(C)(=O)=O)[C@H]2CO)cc1. The topological polar surface area (TPSA) is 81.4 Å². The molecule has 0 spiro atoms. The molecule has 0 bridgehead atoms. The number of aliphatic hydroxyl groups excluding tert-OH is 1. The number of aliphatic hydroxyl groups is 1. The molecule has 6 heteroatoms. The fourth-order valence-electron chi connectivity index (χ4n) is 3.58. The van der Waals surface area contributed by atoms with Crippen LogP contribution in [0, 0.1) is 18.3 Å². The average Bonchev–Trinajstić information content (AvgIpc) is 2.55. The van der Waals surface area contributed by atoms with Gasteiger partial charge in [0.15, 0.2) is 0 Å². The van der Waals surface area contributed by atoms with Gasteiger partial charge in [0, 0.05) is 5.92 Å². The summed E-state index contributed by atoms with van der Waals surface area (Å²) in [5.74, 6) is -0.359. The Balaban J connectivity index is 2.08. The first-order valence-corrected chi connectivity index (χ1v) is 9.88. The van der Waals surface area contributed by atoms with E-state index in [2.05, 4.69) is 6.07 Å². The molecule has 0 amide bonds. The molecule has 2 aromatic rings. The molecule has 130 valence electrons. The molecule has 1 aliphatic heterocycles. The zero-order chi connectivity index (χ0) is 18.2. The second-order valence-corrected chi connectivity index (χ2v) is 8.28. The Labute approximate surface area is 148 Å². The molecule has 3 atom stereocenters. The number of aryl methyl sites for hydroxylation is 1. The molecule has 0 aromatic heterocycles. The molecule has 2 aromatic carbocycles. The van der Waals surface area contributed by atoms with Gasteiger partial charge in [0.05, 0.1) is 25.0 Å². The highest BCUT2D eigenvalue weighted by molar-refractivity contribution is 7.88. The van der Waals surface area contributed by atoms with Gasteiger partial charge in [0.1, 0.15) is 6.04 Å². The lowest BCUT2D eigenvalue weighted by molar-refractivity contribution is 0.0566. The molecule has 1 fully saturated rings. The van der Waals surface area contributed by atoms with Gasteiger partial charge in [-0.25, -0.2) is 8.42 Å². The minimum Gasteiger partial charge on any atom is -0.395 e. The van der Waals surface area contributed by atoms with Gasteiger partial charge in [-0.1, -0.05) is 54.1 Å². The molecular formula is C19H20N2O3S. The van der Waals surface area contributed by atoms with Crippen molar-refractivity contribution in [2.75, 3.05) is 12.9 Å². The molecule has 25 heavy (non-hydrogen) atoms. The van der Waals surface area contributed by atoms with Crippen molar-refractivity contribution in [3.8, 4) is 17.2 Å². The molecule has 0 saturated carbocycles. The molecule has 0 aliphatic carbocycles. The number of nitriles is 1. The lowest BCUT2D eigenvalue weighted by atomic mass is 9.75. The van der Waals surface area contributed by atoms with Gasteiger partial charge in [-0.2, -0.15) is 9.57 Å². The normalized spacial score (nSPS) is 23.7. The van der Waals surface area contributed by atoms with Crippen molar-refractivity contribution in [1.29, 1.82) is 5.26 Å². The maximum absolute atomic E-state index is 12.0. The van der Waals surface area contributed by atoms with Crippen molar-refractivity contribution < 1.29 is 13.5 Å². The summed E-state index contributed by atoms with van der Waals surface area (Å²) in [6, 6.07) is 16.4. The van der Waals surface area contributed by atoms with E-state index in [9.17, 15) is 18.8 Å². The first-order chi connectivity index (χ1) is 11.9. The van der Waals surface area contributed by atoms with E-state index in [1.54, 1.807) is 0 Å². The molecule has 1 heterocycles. The Morgan fingerprint density at radius 1 is 1.16 bits per heavy atom. The van der Waals surface area contributed by atoms with Crippen molar-refractivity contribution in [2.24, 2.45) is 0 Å². The van der Waals surface area contributed by atoms with Gasteiger partial charge >= 0.3 is 0 Å². The number of benzene rings is 2. The van der Waals surface area contributed by atoms with Gasteiger partial charge in [0.25, 0.3) is 0 Å². The number of rotatable bonds is 4. The minimum atomic E-state index is -3.56. The van der Waals surface area contributed by atoms with Gasteiger partial charge < -0.3 is 5.11 Å². The molecule has 0 unspecified atom stereocenters. The van der Waals surface area contributed by atoms with Crippen molar-refractivity contribution in [1.82, 2.24) is 4.31 Å². The van der Waals surface area contributed by atoms with Crippen LogP contribution in [0.2, 0.25) is 0 Å². The van der Waals surface area contributed by atoms with E-state index in [-0.39, 0.29) is 12.5 Å². The Bertz CT molecular complexity index is 916. The molecule has 1 aliphatic rings. The maximum atomic E-state index is 12.0. The molecule has 3 rings (SSSR count). The second-order valence-electron chi connectivity index (χ2n) is 6.40. The van der Waals surface area contributed by atoms with E-state index >= 15 is 0 Å². The largest absolute Gasteiger partial charge is 0.395 e. The second kappa shape index (κ2) is 6.60. The van der Waals surface area contributed by atoms with Crippen LogP contribution in [0.25, 0.3) is 11.1 Å². The fraction of sp³-hybridized carbons (Fsp3) is 0.316.